The molecule has 0 radical (unpaired) electrons. The van der Waals surface area contributed by atoms with Crippen molar-refractivity contribution in [1.29, 1.82) is 0 Å². The van der Waals surface area contributed by atoms with E-state index in [2.05, 4.69) is 31.2 Å². The highest BCUT2D eigenvalue weighted by atomic mass is 16.4. The molecule has 3 aromatic rings. The number of aromatic nitrogens is 2. The molecule has 7 nitrogen and oxygen atoms in total. The summed E-state index contributed by atoms with van der Waals surface area (Å²) in [5.74, 6) is -0.148. The zero-order chi connectivity index (χ0) is 23.8. The van der Waals surface area contributed by atoms with Gasteiger partial charge in [0, 0.05) is 24.7 Å². The van der Waals surface area contributed by atoms with Crippen LogP contribution in [0.4, 0.5) is 10.5 Å². The topological polar surface area (TPSA) is 87.5 Å². The molecule has 0 saturated heterocycles. The first-order valence-electron chi connectivity index (χ1n) is 11.2. The third kappa shape index (κ3) is 4.62. The van der Waals surface area contributed by atoms with E-state index < -0.39 is 6.09 Å². The first-order valence-corrected chi connectivity index (χ1v) is 11.2. The van der Waals surface area contributed by atoms with Gasteiger partial charge >= 0.3 is 6.09 Å². The molecule has 2 amide bonds. The molecule has 2 N–H and O–H groups in total. The fourth-order valence-corrected chi connectivity index (χ4v) is 4.48. The number of hydrogen-bond acceptors (Lipinski definition) is 3. The van der Waals surface area contributed by atoms with Gasteiger partial charge in [-0.15, -0.1) is 0 Å². The Kier molecular flexibility index (Phi) is 5.97. The van der Waals surface area contributed by atoms with Crippen molar-refractivity contribution >= 4 is 17.7 Å². The summed E-state index contributed by atoms with van der Waals surface area (Å²) in [5.41, 5.74) is 5.00. The van der Waals surface area contributed by atoms with Gasteiger partial charge in [0.2, 0.25) is 0 Å². The van der Waals surface area contributed by atoms with Crippen LogP contribution in [0.1, 0.15) is 53.9 Å². The van der Waals surface area contributed by atoms with Crippen LogP contribution in [0.2, 0.25) is 0 Å². The molecule has 33 heavy (non-hydrogen) atoms. The lowest BCUT2D eigenvalue weighted by Crippen LogP contribution is -2.36. The number of carbonyl (C=O) groups excluding carboxylic acids is 1. The fourth-order valence-electron chi connectivity index (χ4n) is 4.48. The molecule has 4 rings (SSSR count). The molecular weight excluding hydrogens is 416 g/mol. The summed E-state index contributed by atoms with van der Waals surface area (Å²) in [5, 5.41) is 17.0. The van der Waals surface area contributed by atoms with Gasteiger partial charge in [0.15, 0.2) is 0 Å². The van der Waals surface area contributed by atoms with E-state index in [9.17, 15) is 14.7 Å². The molecule has 1 aromatic heterocycles. The van der Waals surface area contributed by atoms with Crippen LogP contribution < -0.4 is 5.32 Å². The fraction of sp³-hybridized carbons (Fsp3) is 0.346. The molecule has 1 aliphatic rings. The molecule has 1 aliphatic heterocycles. The number of nitrogens with zero attached hydrogens (tertiary/aromatic N) is 3. The van der Waals surface area contributed by atoms with Crippen molar-refractivity contribution in [3.8, 4) is 5.69 Å². The Bertz CT molecular complexity index is 1180. The quantitative estimate of drug-likeness (QED) is 0.586. The minimum Gasteiger partial charge on any atom is -0.465 e. The van der Waals surface area contributed by atoms with Crippen LogP contribution in [0.15, 0.2) is 54.7 Å². The Hall–Kier alpha value is -3.61. The first-order chi connectivity index (χ1) is 15.6. The van der Waals surface area contributed by atoms with Crippen molar-refractivity contribution in [2.45, 2.75) is 40.0 Å². The Morgan fingerprint density at radius 3 is 2.52 bits per heavy atom. The van der Waals surface area contributed by atoms with E-state index in [1.807, 2.05) is 55.5 Å². The Morgan fingerprint density at radius 1 is 1.12 bits per heavy atom. The van der Waals surface area contributed by atoms with Crippen molar-refractivity contribution in [2.75, 3.05) is 18.4 Å². The summed E-state index contributed by atoms with van der Waals surface area (Å²) in [6.07, 6.45) is 1.31. The molecule has 2 aromatic carbocycles. The molecule has 0 saturated carbocycles. The smallest absolute Gasteiger partial charge is 0.407 e. The van der Waals surface area contributed by atoms with Crippen LogP contribution in [0, 0.1) is 12.3 Å². The number of benzene rings is 2. The lowest BCUT2D eigenvalue weighted by atomic mass is 9.75. The van der Waals surface area contributed by atoms with E-state index in [0.717, 1.165) is 22.5 Å². The van der Waals surface area contributed by atoms with E-state index in [1.165, 1.54) is 4.90 Å². The van der Waals surface area contributed by atoms with Gasteiger partial charge in [-0.1, -0.05) is 45.0 Å². The molecule has 0 spiro atoms. The highest BCUT2D eigenvalue weighted by molar-refractivity contribution is 6.05. The highest BCUT2D eigenvalue weighted by Gasteiger charge is 2.33. The normalized spacial score (nSPS) is 16.1. The van der Waals surface area contributed by atoms with Gasteiger partial charge in [-0.25, -0.2) is 9.48 Å². The average Bonchev–Trinajstić information content (AvgIpc) is 3.03. The second-order valence-corrected chi connectivity index (χ2v) is 9.66. The van der Waals surface area contributed by atoms with Crippen LogP contribution in [0.25, 0.3) is 5.69 Å². The van der Waals surface area contributed by atoms with Gasteiger partial charge in [-0.05, 0) is 54.2 Å². The van der Waals surface area contributed by atoms with Crippen LogP contribution >= 0.6 is 0 Å². The number of rotatable bonds is 3. The summed E-state index contributed by atoms with van der Waals surface area (Å²) < 4.78 is 1.75. The largest absolute Gasteiger partial charge is 0.465 e. The summed E-state index contributed by atoms with van der Waals surface area (Å²) in [4.78, 5) is 26.2. The Labute approximate surface area is 194 Å². The van der Waals surface area contributed by atoms with E-state index in [0.29, 0.717) is 30.8 Å². The zero-order valence-corrected chi connectivity index (χ0v) is 19.5. The summed E-state index contributed by atoms with van der Waals surface area (Å²) in [7, 11) is 0. The average molecular weight is 447 g/mol. The molecule has 0 aliphatic carbocycles. The molecule has 1 unspecified atom stereocenters. The lowest BCUT2D eigenvalue weighted by Gasteiger charge is -2.33. The maximum atomic E-state index is 13.0. The monoisotopic (exact) mass is 446 g/mol. The first kappa shape index (κ1) is 22.6. The van der Waals surface area contributed by atoms with Crippen molar-refractivity contribution in [2.24, 2.45) is 5.41 Å². The number of anilines is 1. The standard InChI is InChI=1S/C26H30N4O3/c1-17-22(15-27-30(17)20-8-6-5-7-9-20)24(31)28-19-10-11-21-18(14-19)12-13-29(25(32)33)16-23(21)26(2,3)4/h5-11,14-15,23H,12-13,16H2,1-4H3,(H,28,31)(H,32,33). The number of carboxylic acid groups (broad SMARTS) is 1. The van der Waals surface area contributed by atoms with E-state index in [1.54, 1.807) is 10.9 Å². The number of para-hydroxylation sites is 1. The minimum absolute atomic E-state index is 0.0715. The predicted octanol–water partition coefficient (Wildman–Crippen LogP) is 5.10. The van der Waals surface area contributed by atoms with Crippen molar-refractivity contribution in [3.05, 3.63) is 77.1 Å². The Balaban J connectivity index is 1.59. The third-order valence-electron chi connectivity index (χ3n) is 6.40. The maximum Gasteiger partial charge on any atom is 0.407 e. The van der Waals surface area contributed by atoms with Gasteiger partial charge < -0.3 is 15.3 Å². The number of fused-ring (bicyclic) bond motifs is 1. The van der Waals surface area contributed by atoms with E-state index >= 15 is 0 Å². The molecule has 1 atom stereocenters. The number of carbonyl (C=O) groups is 2. The Morgan fingerprint density at radius 2 is 1.85 bits per heavy atom. The molecule has 0 fully saturated rings. The van der Waals surface area contributed by atoms with Gasteiger partial charge in [0.25, 0.3) is 5.91 Å². The molecular formula is C26H30N4O3. The second-order valence-electron chi connectivity index (χ2n) is 9.66. The van der Waals surface area contributed by atoms with Gasteiger partial charge in [-0.2, -0.15) is 5.10 Å². The van der Waals surface area contributed by atoms with Gasteiger partial charge in [-0.3, -0.25) is 4.79 Å². The SMILES string of the molecule is Cc1c(C(=O)Nc2ccc3c(c2)CCN(C(=O)O)CC3C(C)(C)C)cnn1-c1ccccc1. The highest BCUT2D eigenvalue weighted by Crippen LogP contribution is 2.40. The zero-order valence-electron chi connectivity index (χ0n) is 19.5. The third-order valence-corrected chi connectivity index (χ3v) is 6.40. The minimum atomic E-state index is -0.892. The maximum absolute atomic E-state index is 13.0. The van der Waals surface area contributed by atoms with Gasteiger partial charge in [0.05, 0.1) is 23.1 Å². The summed E-state index contributed by atoms with van der Waals surface area (Å²) in [6.45, 7) is 9.19. The number of nitrogens with one attached hydrogen (secondary N) is 1. The number of hydrogen-bond donors (Lipinski definition) is 2. The lowest BCUT2D eigenvalue weighted by molar-refractivity contribution is 0.102. The molecule has 7 heteroatoms. The summed E-state index contributed by atoms with van der Waals surface area (Å²) >= 11 is 0. The molecule has 0 bridgehead atoms. The summed E-state index contributed by atoms with van der Waals surface area (Å²) in [6, 6.07) is 15.6. The predicted molar refractivity (Wildman–Crippen MR) is 128 cm³/mol. The van der Waals surface area contributed by atoms with Crippen molar-refractivity contribution in [1.82, 2.24) is 14.7 Å². The van der Waals surface area contributed by atoms with Crippen molar-refractivity contribution < 1.29 is 14.7 Å². The number of amides is 2. The van der Waals surface area contributed by atoms with Crippen LogP contribution in [-0.2, 0) is 6.42 Å². The molecule has 172 valence electrons. The second kappa shape index (κ2) is 8.73. The van der Waals surface area contributed by atoms with Crippen LogP contribution in [0.5, 0.6) is 0 Å². The van der Waals surface area contributed by atoms with E-state index in [4.69, 9.17) is 0 Å². The van der Waals surface area contributed by atoms with Crippen LogP contribution in [0.3, 0.4) is 0 Å². The van der Waals surface area contributed by atoms with E-state index in [-0.39, 0.29) is 17.2 Å². The van der Waals surface area contributed by atoms with Crippen molar-refractivity contribution in [3.63, 3.8) is 0 Å². The molecule has 2 heterocycles. The van der Waals surface area contributed by atoms with Crippen LogP contribution in [-0.4, -0.2) is 44.9 Å². The van der Waals surface area contributed by atoms with Gasteiger partial charge in [0.1, 0.15) is 0 Å².